The number of hydrogen-bond donors (Lipinski definition) is 1. The number of carbonyl (C=O) groups is 1. The van der Waals surface area contributed by atoms with Crippen LogP contribution in [-0.4, -0.2) is 12.5 Å². The highest BCUT2D eigenvalue weighted by Gasteiger charge is 2.28. The molecule has 102 valence electrons. The Labute approximate surface area is 119 Å². The molecule has 2 aromatic carbocycles. The van der Waals surface area contributed by atoms with E-state index in [0.29, 0.717) is 13.0 Å². The molecule has 0 aromatic heterocycles. The maximum atomic E-state index is 12.1. The molecule has 1 unspecified atom stereocenters. The van der Waals surface area contributed by atoms with Crippen molar-refractivity contribution in [2.45, 2.75) is 19.4 Å². The maximum absolute atomic E-state index is 12.1. The average Bonchev–Trinajstić information content (AvgIpc) is 2.76. The van der Waals surface area contributed by atoms with Crippen LogP contribution < -0.4 is 10.6 Å². The van der Waals surface area contributed by atoms with Crippen molar-refractivity contribution in [1.82, 2.24) is 0 Å². The topological polar surface area (TPSA) is 46.3 Å². The summed E-state index contributed by atoms with van der Waals surface area (Å²) in [6.07, 6.45) is 0.483. The van der Waals surface area contributed by atoms with E-state index < -0.39 is 0 Å². The number of nitrogens with two attached hydrogens (primary N) is 1. The second-order valence-electron chi connectivity index (χ2n) is 5.33. The van der Waals surface area contributed by atoms with Crippen LogP contribution in [0.15, 0.2) is 48.5 Å². The van der Waals surface area contributed by atoms with Crippen molar-refractivity contribution < 1.29 is 4.79 Å². The van der Waals surface area contributed by atoms with Crippen molar-refractivity contribution in [2.75, 3.05) is 11.4 Å². The van der Waals surface area contributed by atoms with Crippen molar-refractivity contribution in [1.29, 1.82) is 0 Å². The van der Waals surface area contributed by atoms with Crippen molar-refractivity contribution >= 4 is 11.6 Å². The number of para-hydroxylation sites is 1. The van der Waals surface area contributed by atoms with Crippen LogP contribution in [0.3, 0.4) is 0 Å². The van der Waals surface area contributed by atoms with E-state index in [2.05, 4.69) is 19.1 Å². The van der Waals surface area contributed by atoms with Crippen LogP contribution in [0.2, 0.25) is 0 Å². The predicted octanol–water partition coefficient (Wildman–Crippen LogP) is 2.58. The molecule has 1 heterocycles. The van der Waals surface area contributed by atoms with Crippen LogP contribution in [0.25, 0.3) is 0 Å². The molecule has 0 bridgehead atoms. The van der Waals surface area contributed by atoms with Gasteiger partial charge in [-0.3, -0.25) is 4.79 Å². The monoisotopic (exact) mass is 266 g/mol. The van der Waals surface area contributed by atoms with E-state index >= 15 is 0 Å². The van der Waals surface area contributed by atoms with Gasteiger partial charge in [-0.2, -0.15) is 0 Å². The zero-order valence-electron chi connectivity index (χ0n) is 11.5. The molecule has 0 radical (unpaired) electrons. The summed E-state index contributed by atoms with van der Waals surface area (Å²) in [4.78, 5) is 13.9. The van der Waals surface area contributed by atoms with Gasteiger partial charge >= 0.3 is 0 Å². The summed E-state index contributed by atoms with van der Waals surface area (Å²) >= 11 is 0. The molecule has 2 aromatic rings. The Morgan fingerprint density at radius 2 is 1.85 bits per heavy atom. The van der Waals surface area contributed by atoms with Gasteiger partial charge in [0.05, 0.1) is 6.42 Å². The van der Waals surface area contributed by atoms with Gasteiger partial charge in [0.1, 0.15) is 0 Å². The van der Waals surface area contributed by atoms with E-state index in [9.17, 15) is 4.79 Å². The Morgan fingerprint density at radius 1 is 1.15 bits per heavy atom. The minimum absolute atomic E-state index is 0.133. The van der Waals surface area contributed by atoms with Gasteiger partial charge in [0.2, 0.25) is 5.91 Å². The second kappa shape index (κ2) is 5.10. The van der Waals surface area contributed by atoms with Crippen LogP contribution in [0.5, 0.6) is 0 Å². The Bertz CT molecular complexity index is 634. The highest BCUT2D eigenvalue weighted by atomic mass is 16.2. The Kier molecular flexibility index (Phi) is 3.28. The molecule has 0 spiro atoms. The normalized spacial score (nSPS) is 15.3. The number of aryl methyl sites for hydroxylation is 1. The number of fused-ring (bicyclic) bond motifs is 1. The second-order valence-corrected chi connectivity index (χ2v) is 5.33. The molecule has 0 saturated heterocycles. The molecule has 3 nitrogen and oxygen atoms in total. The molecule has 1 atom stereocenters. The standard InChI is InChI=1S/C17H18N2O/c1-12-6-8-13(9-7-12)15(18)11-19-16-5-3-2-4-14(16)10-17(19)20/h2-9,15H,10-11,18H2,1H3. The SMILES string of the molecule is Cc1ccc(C(N)CN2C(=O)Cc3ccccc32)cc1. The lowest BCUT2D eigenvalue weighted by Gasteiger charge is -2.22. The quantitative estimate of drug-likeness (QED) is 0.928. The number of carbonyl (C=O) groups excluding carboxylic acids is 1. The van der Waals surface area contributed by atoms with Crippen molar-refractivity contribution in [2.24, 2.45) is 5.73 Å². The number of nitrogens with zero attached hydrogens (tertiary/aromatic N) is 1. The van der Waals surface area contributed by atoms with Crippen LogP contribution >= 0.6 is 0 Å². The summed E-state index contributed by atoms with van der Waals surface area (Å²) in [6, 6.07) is 15.9. The molecule has 1 aliphatic heterocycles. The van der Waals surface area contributed by atoms with Crippen LogP contribution in [0, 0.1) is 6.92 Å². The van der Waals surface area contributed by atoms with Gasteiger partial charge in [-0.15, -0.1) is 0 Å². The summed E-state index contributed by atoms with van der Waals surface area (Å²) in [7, 11) is 0. The molecule has 2 N–H and O–H groups in total. The molecule has 20 heavy (non-hydrogen) atoms. The van der Waals surface area contributed by atoms with E-state index in [1.165, 1.54) is 5.56 Å². The lowest BCUT2D eigenvalue weighted by Crippen LogP contribution is -2.34. The number of benzene rings is 2. The van der Waals surface area contributed by atoms with Crippen molar-refractivity contribution in [3.05, 3.63) is 65.2 Å². The molecule has 1 amide bonds. The summed E-state index contributed by atoms with van der Waals surface area (Å²) in [5.41, 5.74) is 10.6. The molecule has 3 heteroatoms. The van der Waals surface area contributed by atoms with Gasteiger partial charge in [0, 0.05) is 18.3 Å². The molecule has 0 fully saturated rings. The molecule has 1 aliphatic rings. The number of rotatable bonds is 3. The Hall–Kier alpha value is -2.13. The first-order valence-corrected chi connectivity index (χ1v) is 6.85. The number of amides is 1. The molecule has 0 aliphatic carbocycles. The average molecular weight is 266 g/mol. The molecular weight excluding hydrogens is 248 g/mol. The maximum Gasteiger partial charge on any atom is 0.231 e. The van der Waals surface area contributed by atoms with Gasteiger partial charge < -0.3 is 10.6 Å². The third-order valence-electron chi connectivity index (χ3n) is 3.81. The minimum Gasteiger partial charge on any atom is -0.322 e. The van der Waals surface area contributed by atoms with E-state index in [-0.39, 0.29) is 11.9 Å². The Balaban J connectivity index is 1.81. The lowest BCUT2D eigenvalue weighted by atomic mass is 10.1. The molecule has 3 rings (SSSR count). The largest absolute Gasteiger partial charge is 0.322 e. The van der Waals surface area contributed by atoms with Crippen LogP contribution in [0.1, 0.15) is 22.7 Å². The molecule has 0 saturated carbocycles. The van der Waals surface area contributed by atoms with Gasteiger partial charge in [-0.25, -0.2) is 0 Å². The van der Waals surface area contributed by atoms with Gasteiger partial charge in [0.15, 0.2) is 0 Å². The van der Waals surface area contributed by atoms with Crippen molar-refractivity contribution in [3.8, 4) is 0 Å². The fraction of sp³-hybridized carbons (Fsp3) is 0.235. The first-order valence-electron chi connectivity index (χ1n) is 6.85. The Morgan fingerprint density at radius 3 is 2.60 bits per heavy atom. The zero-order valence-corrected chi connectivity index (χ0v) is 11.5. The third kappa shape index (κ3) is 2.32. The van der Waals surface area contributed by atoms with Crippen LogP contribution in [-0.2, 0) is 11.2 Å². The first-order chi connectivity index (χ1) is 9.65. The van der Waals surface area contributed by atoms with E-state index in [1.54, 1.807) is 4.90 Å². The number of hydrogen-bond acceptors (Lipinski definition) is 2. The fourth-order valence-corrected chi connectivity index (χ4v) is 2.63. The highest BCUT2D eigenvalue weighted by molar-refractivity contribution is 6.01. The van der Waals surface area contributed by atoms with Gasteiger partial charge in [0.25, 0.3) is 0 Å². The minimum atomic E-state index is -0.161. The van der Waals surface area contributed by atoms with Gasteiger partial charge in [-0.05, 0) is 24.1 Å². The summed E-state index contributed by atoms with van der Waals surface area (Å²) in [6.45, 7) is 2.58. The van der Waals surface area contributed by atoms with E-state index in [0.717, 1.165) is 16.8 Å². The smallest absolute Gasteiger partial charge is 0.231 e. The lowest BCUT2D eigenvalue weighted by molar-refractivity contribution is -0.117. The molecular formula is C17H18N2O. The third-order valence-corrected chi connectivity index (χ3v) is 3.81. The summed E-state index contributed by atoms with van der Waals surface area (Å²) in [5, 5.41) is 0. The number of anilines is 1. The van der Waals surface area contributed by atoms with Crippen LogP contribution in [0.4, 0.5) is 5.69 Å². The van der Waals surface area contributed by atoms with Crippen molar-refractivity contribution in [3.63, 3.8) is 0 Å². The van der Waals surface area contributed by atoms with E-state index in [4.69, 9.17) is 5.73 Å². The highest BCUT2D eigenvalue weighted by Crippen LogP contribution is 2.29. The van der Waals surface area contributed by atoms with Gasteiger partial charge in [-0.1, -0.05) is 48.0 Å². The fourth-order valence-electron chi connectivity index (χ4n) is 2.63. The van der Waals surface area contributed by atoms with E-state index in [1.807, 2.05) is 36.4 Å². The first kappa shape index (κ1) is 12.9. The summed E-state index contributed by atoms with van der Waals surface area (Å²) in [5.74, 6) is 0.133. The summed E-state index contributed by atoms with van der Waals surface area (Å²) < 4.78 is 0. The zero-order chi connectivity index (χ0) is 14.1. The predicted molar refractivity (Wildman–Crippen MR) is 80.6 cm³/mol.